The number of carbonyl (C=O) groups is 2. The predicted octanol–water partition coefficient (Wildman–Crippen LogP) is 3.08. The van der Waals surface area contributed by atoms with E-state index in [1.165, 1.54) is 11.8 Å². The van der Waals surface area contributed by atoms with Crippen molar-refractivity contribution in [3.63, 3.8) is 0 Å². The van der Waals surface area contributed by atoms with Crippen molar-refractivity contribution in [2.24, 2.45) is 0 Å². The zero-order chi connectivity index (χ0) is 19.2. The quantitative estimate of drug-likeness (QED) is 0.796. The number of ether oxygens (including phenoxy) is 1. The van der Waals surface area contributed by atoms with E-state index in [0.717, 1.165) is 11.3 Å². The Labute approximate surface area is 162 Å². The molecule has 0 saturated heterocycles. The lowest BCUT2D eigenvalue weighted by Gasteiger charge is -2.24. The molecule has 0 fully saturated rings. The van der Waals surface area contributed by atoms with Crippen molar-refractivity contribution in [3.05, 3.63) is 65.9 Å². The molecule has 1 unspecified atom stereocenters. The van der Waals surface area contributed by atoms with E-state index in [1.807, 2.05) is 36.4 Å². The average molecular weight is 383 g/mol. The number of nitrogens with zero attached hydrogens (tertiary/aromatic N) is 2. The summed E-state index contributed by atoms with van der Waals surface area (Å²) in [5.74, 6) is 1.38. The summed E-state index contributed by atoms with van der Waals surface area (Å²) in [5, 5.41) is 2.58. The highest BCUT2D eigenvalue weighted by Crippen LogP contribution is 2.29. The number of rotatable bonds is 7. The molecule has 3 rings (SSSR count). The van der Waals surface area contributed by atoms with Crippen molar-refractivity contribution in [2.45, 2.75) is 18.8 Å². The number of hydrogen-bond donors (Lipinski definition) is 1. The molecule has 1 aliphatic heterocycles. The van der Waals surface area contributed by atoms with Crippen LogP contribution in [0.25, 0.3) is 0 Å². The van der Waals surface area contributed by atoms with Crippen molar-refractivity contribution in [1.29, 1.82) is 0 Å². The second-order valence-electron chi connectivity index (χ2n) is 6.10. The number of pyridine rings is 1. The maximum Gasteiger partial charge on any atom is 0.250 e. The second-order valence-corrected chi connectivity index (χ2v) is 7.20. The number of anilines is 1. The Morgan fingerprint density at radius 1 is 1.26 bits per heavy atom. The standard InChI is InChI=1S/C20H21N3O3S/c1-14-11-19(27-13-18(24)22-17-5-3-4-10-21-17)23(20(14)25)12-15-6-8-16(26-2)9-7-15/h3-11,19H,12-13H2,1-2H3,(H,21,22,24). The fourth-order valence-electron chi connectivity index (χ4n) is 2.72. The lowest BCUT2D eigenvalue weighted by molar-refractivity contribution is -0.126. The Morgan fingerprint density at radius 3 is 2.70 bits per heavy atom. The normalized spacial score (nSPS) is 16.2. The van der Waals surface area contributed by atoms with Gasteiger partial charge in [0.05, 0.1) is 18.2 Å². The molecule has 2 amide bonds. The van der Waals surface area contributed by atoms with Crippen molar-refractivity contribution in [1.82, 2.24) is 9.88 Å². The summed E-state index contributed by atoms with van der Waals surface area (Å²) < 4.78 is 5.17. The summed E-state index contributed by atoms with van der Waals surface area (Å²) in [6.45, 7) is 2.29. The van der Waals surface area contributed by atoms with Gasteiger partial charge in [0.1, 0.15) is 11.6 Å². The summed E-state index contributed by atoms with van der Waals surface area (Å²) in [5.41, 5.74) is 1.71. The van der Waals surface area contributed by atoms with Crippen LogP contribution in [-0.4, -0.2) is 39.9 Å². The minimum Gasteiger partial charge on any atom is -0.497 e. The van der Waals surface area contributed by atoms with Crippen LogP contribution in [-0.2, 0) is 16.1 Å². The van der Waals surface area contributed by atoms with Gasteiger partial charge in [0, 0.05) is 18.3 Å². The minimum atomic E-state index is -0.172. The number of carbonyl (C=O) groups excluding carboxylic acids is 2. The molecule has 0 bridgehead atoms. The smallest absolute Gasteiger partial charge is 0.250 e. The van der Waals surface area contributed by atoms with Crippen LogP contribution in [0.4, 0.5) is 5.82 Å². The number of aromatic nitrogens is 1. The molecule has 1 aliphatic rings. The van der Waals surface area contributed by atoms with Crippen LogP contribution in [0.2, 0.25) is 0 Å². The maximum atomic E-state index is 12.5. The summed E-state index contributed by atoms with van der Waals surface area (Å²) in [4.78, 5) is 30.5. The molecule has 0 spiro atoms. The van der Waals surface area contributed by atoms with Gasteiger partial charge in [-0.1, -0.05) is 18.2 Å². The molecule has 6 nitrogen and oxygen atoms in total. The van der Waals surface area contributed by atoms with Crippen LogP contribution in [0.5, 0.6) is 5.75 Å². The summed E-state index contributed by atoms with van der Waals surface area (Å²) in [7, 11) is 1.62. The molecule has 0 saturated carbocycles. The Bertz CT molecular complexity index is 837. The van der Waals surface area contributed by atoms with Crippen molar-refractivity contribution < 1.29 is 14.3 Å². The number of nitrogens with one attached hydrogen (secondary N) is 1. The Balaban J connectivity index is 1.60. The van der Waals surface area contributed by atoms with E-state index in [-0.39, 0.29) is 22.9 Å². The molecule has 0 radical (unpaired) electrons. The maximum absolute atomic E-state index is 12.5. The van der Waals surface area contributed by atoms with Gasteiger partial charge in [0.15, 0.2) is 0 Å². The second kappa shape index (κ2) is 8.73. The summed E-state index contributed by atoms with van der Waals surface area (Å²) in [6, 6.07) is 13.0. The first kappa shape index (κ1) is 19.0. The van der Waals surface area contributed by atoms with Crippen molar-refractivity contribution in [3.8, 4) is 5.75 Å². The topological polar surface area (TPSA) is 71.5 Å². The number of amides is 2. The first-order valence-electron chi connectivity index (χ1n) is 8.51. The van der Waals surface area contributed by atoms with Gasteiger partial charge in [-0.25, -0.2) is 4.98 Å². The third kappa shape index (κ3) is 4.89. The zero-order valence-electron chi connectivity index (χ0n) is 15.2. The molecule has 1 atom stereocenters. The zero-order valence-corrected chi connectivity index (χ0v) is 16.0. The molecular weight excluding hydrogens is 362 g/mol. The van der Waals surface area contributed by atoms with E-state index >= 15 is 0 Å². The van der Waals surface area contributed by atoms with Gasteiger partial charge < -0.3 is 15.0 Å². The number of thioether (sulfide) groups is 1. The molecular formula is C20H21N3O3S. The van der Waals surface area contributed by atoms with Gasteiger partial charge >= 0.3 is 0 Å². The van der Waals surface area contributed by atoms with Crippen molar-refractivity contribution >= 4 is 29.4 Å². The monoisotopic (exact) mass is 383 g/mol. The van der Waals surface area contributed by atoms with Gasteiger partial charge in [-0.3, -0.25) is 9.59 Å². The molecule has 1 aromatic heterocycles. The van der Waals surface area contributed by atoms with Crippen molar-refractivity contribution in [2.75, 3.05) is 18.2 Å². The number of methoxy groups -OCH3 is 1. The van der Waals surface area contributed by atoms with E-state index in [2.05, 4.69) is 10.3 Å². The van der Waals surface area contributed by atoms with Gasteiger partial charge in [-0.15, -0.1) is 11.8 Å². The highest BCUT2D eigenvalue weighted by molar-refractivity contribution is 8.00. The Hall–Kier alpha value is -2.80. The molecule has 0 aliphatic carbocycles. The van der Waals surface area contributed by atoms with E-state index in [9.17, 15) is 9.59 Å². The molecule has 27 heavy (non-hydrogen) atoms. The van der Waals surface area contributed by atoms with E-state index in [4.69, 9.17) is 4.74 Å². The van der Waals surface area contributed by atoms with Crippen LogP contribution in [0.1, 0.15) is 12.5 Å². The molecule has 2 aromatic rings. The first-order valence-corrected chi connectivity index (χ1v) is 9.56. The van der Waals surface area contributed by atoms with E-state index < -0.39 is 0 Å². The first-order chi connectivity index (χ1) is 13.1. The van der Waals surface area contributed by atoms with E-state index in [1.54, 1.807) is 37.3 Å². The number of benzene rings is 1. The van der Waals surface area contributed by atoms with Gasteiger partial charge in [-0.2, -0.15) is 0 Å². The average Bonchev–Trinajstić information content (AvgIpc) is 2.95. The lowest BCUT2D eigenvalue weighted by Crippen LogP contribution is -2.33. The van der Waals surface area contributed by atoms with Crippen LogP contribution < -0.4 is 10.1 Å². The van der Waals surface area contributed by atoms with E-state index in [0.29, 0.717) is 17.9 Å². The highest BCUT2D eigenvalue weighted by atomic mass is 32.2. The third-order valence-corrected chi connectivity index (χ3v) is 5.29. The fourth-order valence-corrected chi connectivity index (χ4v) is 3.77. The summed E-state index contributed by atoms with van der Waals surface area (Å²) >= 11 is 1.42. The SMILES string of the molecule is COc1ccc(CN2C(=O)C(C)=CC2SCC(=O)Nc2ccccn2)cc1. The molecule has 1 N–H and O–H groups in total. The minimum absolute atomic E-state index is 0.00606. The van der Waals surface area contributed by atoms with Crippen LogP contribution >= 0.6 is 11.8 Å². The summed E-state index contributed by atoms with van der Waals surface area (Å²) in [6.07, 6.45) is 3.53. The van der Waals surface area contributed by atoms with Crippen LogP contribution in [0.15, 0.2) is 60.3 Å². The van der Waals surface area contributed by atoms with Gasteiger partial charge in [0.25, 0.3) is 5.91 Å². The predicted molar refractivity (Wildman–Crippen MR) is 106 cm³/mol. The fraction of sp³-hybridized carbons (Fsp3) is 0.250. The Morgan fingerprint density at radius 2 is 2.04 bits per heavy atom. The van der Waals surface area contributed by atoms with Gasteiger partial charge in [-0.05, 0) is 42.8 Å². The Kier molecular flexibility index (Phi) is 6.13. The lowest BCUT2D eigenvalue weighted by atomic mass is 10.2. The molecule has 7 heteroatoms. The van der Waals surface area contributed by atoms with Gasteiger partial charge in [0.2, 0.25) is 5.91 Å². The highest BCUT2D eigenvalue weighted by Gasteiger charge is 2.30. The van der Waals surface area contributed by atoms with Crippen LogP contribution in [0, 0.1) is 0 Å². The third-order valence-electron chi connectivity index (χ3n) is 4.13. The molecule has 1 aromatic carbocycles. The molecule has 140 valence electrons. The molecule has 2 heterocycles. The largest absolute Gasteiger partial charge is 0.497 e. The number of hydrogen-bond acceptors (Lipinski definition) is 5. The van der Waals surface area contributed by atoms with Crippen LogP contribution in [0.3, 0.4) is 0 Å².